The number of pyridine rings is 1. The van der Waals surface area contributed by atoms with Crippen LogP contribution in [0.5, 0.6) is 0 Å². The molecule has 2 aromatic heterocycles. The maximum absolute atomic E-state index is 5.91. The molecule has 0 radical (unpaired) electrons. The first-order valence-corrected chi connectivity index (χ1v) is 7.29. The monoisotopic (exact) mass is 279 g/mol. The molecule has 3 rings (SSSR count). The molecule has 0 saturated heterocycles. The zero-order chi connectivity index (χ0) is 13.2. The van der Waals surface area contributed by atoms with Gasteiger partial charge in [-0.2, -0.15) is 0 Å². The molecule has 2 heterocycles. The number of aromatic nitrogens is 3. The number of fused-ring (bicyclic) bond motifs is 1. The van der Waals surface area contributed by atoms with E-state index in [4.69, 9.17) is 16.3 Å². The Hall–Kier alpha value is -1.13. The van der Waals surface area contributed by atoms with Crippen molar-refractivity contribution in [1.82, 2.24) is 14.5 Å². The van der Waals surface area contributed by atoms with Crippen LogP contribution in [0.1, 0.15) is 31.1 Å². The molecule has 1 aliphatic rings. The average molecular weight is 280 g/mol. The van der Waals surface area contributed by atoms with E-state index in [0.29, 0.717) is 11.9 Å². The maximum Gasteiger partial charge on any atom is 0.160 e. The van der Waals surface area contributed by atoms with E-state index in [2.05, 4.69) is 14.5 Å². The maximum atomic E-state index is 5.91. The summed E-state index contributed by atoms with van der Waals surface area (Å²) in [6.07, 6.45) is 6.26. The van der Waals surface area contributed by atoms with E-state index in [1.54, 1.807) is 7.11 Å². The molecule has 2 unspecified atom stereocenters. The summed E-state index contributed by atoms with van der Waals surface area (Å²) in [5.41, 5.74) is 1.90. The third-order valence-corrected chi connectivity index (χ3v) is 4.08. The van der Waals surface area contributed by atoms with Crippen molar-refractivity contribution in [3.8, 4) is 0 Å². The minimum absolute atomic E-state index is 0.258. The van der Waals surface area contributed by atoms with Crippen LogP contribution < -0.4 is 0 Å². The summed E-state index contributed by atoms with van der Waals surface area (Å²) >= 11 is 5.91. The van der Waals surface area contributed by atoms with Crippen LogP contribution in [-0.2, 0) is 11.2 Å². The van der Waals surface area contributed by atoms with E-state index < -0.39 is 0 Å². The Morgan fingerprint density at radius 3 is 3.16 bits per heavy atom. The van der Waals surface area contributed by atoms with E-state index in [1.807, 2.05) is 18.3 Å². The van der Waals surface area contributed by atoms with Crippen LogP contribution in [-0.4, -0.2) is 33.6 Å². The Morgan fingerprint density at radius 1 is 1.47 bits per heavy atom. The fourth-order valence-corrected chi connectivity index (χ4v) is 3.23. The third kappa shape index (κ3) is 2.23. The summed E-state index contributed by atoms with van der Waals surface area (Å²) in [7, 11) is 1.79. The lowest BCUT2D eigenvalue weighted by Gasteiger charge is -2.22. The van der Waals surface area contributed by atoms with E-state index >= 15 is 0 Å². The highest BCUT2D eigenvalue weighted by atomic mass is 35.5. The number of methoxy groups -OCH3 is 1. The molecule has 2 atom stereocenters. The SMILES string of the molecule is COC1CCCC1n1c(CCCl)nc2cccnc21. The van der Waals surface area contributed by atoms with Gasteiger partial charge in [-0.1, -0.05) is 0 Å². The molecule has 0 bridgehead atoms. The standard InChI is InChI=1S/C14H18ClN3O/c1-19-12-6-2-5-11(12)18-13(7-8-15)17-10-4-3-9-16-14(10)18/h3-4,9,11-12H,2,5-8H2,1H3. The fraction of sp³-hybridized carbons (Fsp3) is 0.571. The second-order valence-corrected chi connectivity index (χ2v) is 5.33. The minimum atomic E-state index is 0.258. The summed E-state index contributed by atoms with van der Waals surface area (Å²) in [5.74, 6) is 1.60. The van der Waals surface area contributed by atoms with E-state index in [9.17, 15) is 0 Å². The number of alkyl halides is 1. The minimum Gasteiger partial charge on any atom is -0.379 e. The molecule has 102 valence electrons. The number of ether oxygens (including phenoxy) is 1. The molecule has 4 nitrogen and oxygen atoms in total. The van der Waals surface area contributed by atoms with Gasteiger partial charge in [0.1, 0.15) is 11.3 Å². The normalized spacial score (nSPS) is 23.3. The van der Waals surface area contributed by atoms with Crippen molar-refractivity contribution in [3.05, 3.63) is 24.2 Å². The highest BCUT2D eigenvalue weighted by Gasteiger charge is 2.31. The predicted octanol–water partition coefficient (Wildman–Crippen LogP) is 2.95. The van der Waals surface area contributed by atoms with Crippen molar-refractivity contribution in [3.63, 3.8) is 0 Å². The van der Waals surface area contributed by atoms with Crippen molar-refractivity contribution in [2.24, 2.45) is 0 Å². The Kier molecular flexibility index (Phi) is 3.71. The first-order chi connectivity index (χ1) is 9.35. The van der Waals surface area contributed by atoms with Gasteiger partial charge in [0.15, 0.2) is 5.65 Å². The molecule has 5 heteroatoms. The number of imidazole rings is 1. The van der Waals surface area contributed by atoms with Gasteiger partial charge in [0, 0.05) is 25.6 Å². The van der Waals surface area contributed by atoms with Gasteiger partial charge in [-0.15, -0.1) is 11.6 Å². The first-order valence-electron chi connectivity index (χ1n) is 6.75. The molecule has 2 aromatic rings. The molecule has 1 aliphatic carbocycles. The zero-order valence-corrected chi connectivity index (χ0v) is 11.8. The van der Waals surface area contributed by atoms with E-state index in [1.165, 1.54) is 6.42 Å². The molecule has 1 fully saturated rings. The summed E-state index contributed by atoms with van der Waals surface area (Å²) in [6, 6.07) is 4.27. The molecule has 19 heavy (non-hydrogen) atoms. The molecule has 0 N–H and O–H groups in total. The van der Waals surface area contributed by atoms with Gasteiger partial charge in [-0.25, -0.2) is 9.97 Å². The number of hydrogen-bond donors (Lipinski definition) is 0. The number of halogens is 1. The van der Waals surface area contributed by atoms with Crippen LogP contribution in [0.3, 0.4) is 0 Å². The average Bonchev–Trinajstić information content (AvgIpc) is 3.01. The first kappa shape index (κ1) is 12.9. The molecule has 0 aromatic carbocycles. The molecular formula is C14H18ClN3O. The fourth-order valence-electron chi connectivity index (χ4n) is 3.06. The lowest BCUT2D eigenvalue weighted by Crippen LogP contribution is -2.22. The highest BCUT2D eigenvalue weighted by Crippen LogP contribution is 2.35. The number of aryl methyl sites for hydroxylation is 1. The smallest absolute Gasteiger partial charge is 0.160 e. The molecule has 0 amide bonds. The molecular weight excluding hydrogens is 262 g/mol. The Balaban J connectivity index is 2.11. The van der Waals surface area contributed by atoms with Gasteiger partial charge in [0.05, 0.1) is 12.1 Å². The van der Waals surface area contributed by atoms with Gasteiger partial charge in [-0.3, -0.25) is 0 Å². The van der Waals surface area contributed by atoms with Gasteiger partial charge in [0.25, 0.3) is 0 Å². The second-order valence-electron chi connectivity index (χ2n) is 4.96. The van der Waals surface area contributed by atoms with Crippen molar-refractivity contribution in [1.29, 1.82) is 0 Å². The van der Waals surface area contributed by atoms with Crippen molar-refractivity contribution < 1.29 is 4.74 Å². The predicted molar refractivity (Wildman–Crippen MR) is 75.6 cm³/mol. The molecule has 1 saturated carbocycles. The number of nitrogens with zero attached hydrogens (tertiary/aromatic N) is 3. The van der Waals surface area contributed by atoms with Crippen LogP contribution in [0.2, 0.25) is 0 Å². The Morgan fingerprint density at radius 2 is 2.37 bits per heavy atom. The Bertz CT molecular complexity index is 569. The van der Waals surface area contributed by atoms with Crippen LogP contribution in [0.25, 0.3) is 11.2 Å². The lowest BCUT2D eigenvalue weighted by atomic mass is 10.2. The number of hydrogen-bond acceptors (Lipinski definition) is 3. The lowest BCUT2D eigenvalue weighted by molar-refractivity contribution is 0.0751. The third-order valence-electron chi connectivity index (χ3n) is 3.89. The Labute approximate surface area is 117 Å². The van der Waals surface area contributed by atoms with Gasteiger partial charge in [-0.05, 0) is 31.4 Å². The van der Waals surface area contributed by atoms with Crippen LogP contribution in [0, 0.1) is 0 Å². The summed E-state index contributed by atoms with van der Waals surface area (Å²) in [6.45, 7) is 0. The summed E-state index contributed by atoms with van der Waals surface area (Å²) in [4.78, 5) is 9.18. The van der Waals surface area contributed by atoms with Gasteiger partial charge in [0.2, 0.25) is 0 Å². The van der Waals surface area contributed by atoms with Crippen molar-refractivity contribution >= 4 is 22.8 Å². The van der Waals surface area contributed by atoms with Crippen LogP contribution in [0.4, 0.5) is 0 Å². The van der Waals surface area contributed by atoms with Crippen LogP contribution >= 0.6 is 11.6 Å². The quantitative estimate of drug-likeness (QED) is 0.808. The zero-order valence-electron chi connectivity index (χ0n) is 11.1. The van der Waals surface area contributed by atoms with Crippen molar-refractivity contribution in [2.45, 2.75) is 37.8 Å². The van der Waals surface area contributed by atoms with E-state index in [0.717, 1.165) is 36.3 Å². The topological polar surface area (TPSA) is 39.9 Å². The van der Waals surface area contributed by atoms with Gasteiger partial charge >= 0.3 is 0 Å². The number of rotatable bonds is 4. The largest absolute Gasteiger partial charge is 0.379 e. The van der Waals surface area contributed by atoms with E-state index in [-0.39, 0.29) is 6.10 Å². The molecule has 0 spiro atoms. The summed E-state index contributed by atoms with van der Waals surface area (Å²) < 4.78 is 7.87. The summed E-state index contributed by atoms with van der Waals surface area (Å²) in [5, 5.41) is 0. The van der Waals surface area contributed by atoms with Crippen LogP contribution in [0.15, 0.2) is 18.3 Å². The second kappa shape index (κ2) is 5.47. The highest BCUT2D eigenvalue weighted by molar-refractivity contribution is 6.17. The van der Waals surface area contributed by atoms with Gasteiger partial charge < -0.3 is 9.30 Å². The van der Waals surface area contributed by atoms with Crippen molar-refractivity contribution in [2.75, 3.05) is 13.0 Å². The molecule has 0 aliphatic heterocycles.